The lowest BCUT2D eigenvalue weighted by Crippen LogP contribution is -2.22. The Hall–Kier alpha value is -3.77. The van der Waals surface area contributed by atoms with Gasteiger partial charge in [0.2, 0.25) is 0 Å². The number of H-pyrrole nitrogens is 1. The van der Waals surface area contributed by atoms with Crippen molar-refractivity contribution < 1.29 is 5.11 Å². The predicted molar refractivity (Wildman–Crippen MR) is 128 cm³/mol. The standard InChI is InChI=1S/C25H18N4OS/c30-21-8-1-15(2-9-21)25-22-10-7-19(28-22)12-18-4-3-16(26-18)11-17-5-6-20(27-17)13-24-29-23(25)14-31-24/h1-14,24,27,29-30H. The minimum absolute atomic E-state index is 0.103. The van der Waals surface area contributed by atoms with E-state index in [2.05, 4.69) is 33.9 Å². The van der Waals surface area contributed by atoms with Gasteiger partial charge in [0, 0.05) is 16.3 Å². The van der Waals surface area contributed by atoms with Gasteiger partial charge in [-0.1, -0.05) is 12.1 Å². The summed E-state index contributed by atoms with van der Waals surface area (Å²) in [6, 6.07) is 11.4. The summed E-state index contributed by atoms with van der Waals surface area (Å²) >= 11 is 1.72. The van der Waals surface area contributed by atoms with E-state index in [9.17, 15) is 5.11 Å². The van der Waals surface area contributed by atoms with Crippen LogP contribution in [-0.4, -0.2) is 26.9 Å². The van der Waals surface area contributed by atoms with Gasteiger partial charge in [-0.15, -0.1) is 11.8 Å². The van der Waals surface area contributed by atoms with Crippen molar-refractivity contribution in [2.45, 2.75) is 5.37 Å². The number of phenols is 1. The quantitative estimate of drug-likeness (QED) is 0.661. The molecular weight excluding hydrogens is 404 g/mol. The summed E-state index contributed by atoms with van der Waals surface area (Å²) in [6.45, 7) is 0. The maximum atomic E-state index is 9.75. The number of aromatic amines is 1. The molecule has 0 amide bonds. The third-order valence-corrected chi connectivity index (χ3v) is 6.24. The molecule has 0 saturated carbocycles. The van der Waals surface area contributed by atoms with Crippen LogP contribution in [0.3, 0.4) is 0 Å². The number of allylic oxidation sites excluding steroid dienone is 6. The zero-order valence-electron chi connectivity index (χ0n) is 16.4. The summed E-state index contributed by atoms with van der Waals surface area (Å²) in [5.41, 5.74) is 6.54. The third kappa shape index (κ3) is 3.51. The normalized spacial score (nSPS) is 21.1. The molecule has 0 radical (unpaired) electrons. The van der Waals surface area contributed by atoms with E-state index >= 15 is 0 Å². The smallest absolute Gasteiger partial charge is 0.115 e. The Morgan fingerprint density at radius 1 is 0.839 bits per heavy atom. The van der Waals surface area contributed by atoms with Gasteiger partial charge < -0.3 is 15.4 Å². The van der Waals surface area contributed by atoms with Gasteiger partial charge in [0.1, 0.15) is 5.75 Å². The van der Waals surface area contributed by atoms with E-state index in [1.54, 1.807) is 23.9 Å². The fourth-order valence-electron chi connectivity index (χ4n) is 3.88. The van der Waals surface area contributed by atoms with Gasteiger partial charge in [0.15, 0.2) is 0 Å². The van der Waals surface area contributed by atoms with Crippen molar-refractivity contribution in [3.05, 3.63) is 106 Å². The Labute approximate surface area is 183 Å². The number of rotatable bonds is 1. The first-order chi connectivity index (χ1) is 15.2. The number of nitrogens with zero attached hydrogens (tertiary/aromatic N) is 2. The van der Waals surface area contributed by atoms with E-state index in [4.69, 9.17) is 9.98 Å². The lowest BCUT2D eigenvalue weighted by molar-refractivity contribution is 0.475. The molecule has 0 saturated heterocycles. The second-order valence-electron chi connectivity index (χ2n) is 7.53. The topological polar surface area (TPSA) is 72.8 Å². The highest BCUT2D eigenvalue weighted by Crippen LogP contribution is 2.36. The second-order valence-corrected chi connectivity index (χ2v) is 8.54. The van der Waals surface area contributed by atoms with Crippen molar-refractivity contribution in [1.82, 2.24) is 10.3 Å². The number of hydrogen-bond donors (Lipinski definition) is 3. The van der Waals surface area contributed by atoms with E-state index in [1.807, 2.05) is 48.6 Å². The number of hydrogen-bond acceptors (Lipinski definition) is 5. The minimum atomic E-state index is 0.103. The molecule has 4 aliphatic rings. The van der Waals surface area contributed by atoms with E-state index in [-0.39, 0.29) is 11.1 Å². The number of aliphatic imine (C=N–C) groups is 2. The lowest BCUT2D eigenvalue weighted by Gasteiger charge is -2.14. The zero-order chi connectivity index (χ0) is 20.8. The van der Waals surface area contributed by atoms with Crippen LogP contribution in [0.2, 0.25) is 0 Å². The summed E-state index contributed by atoms with van der Waals surface area (Å²) in [7, 11) is 0. The highest BCUT2D eigenvalue weighted by Gasteiger charge is 2.22. The van der Waals surface area contributed by atoms with E-state index in [0.29, 0.717) is 0 Å². The molecule has 5 nitrogen and oxygen atoms in total. The van der Waals surface area contributed by atoms with Crippen molar-refractivity contribution in [1.29, 1.82) is 0 Å². The van der Waals surface area contributed by atoms with E-state index in [1.165, 1.54) is 0 Å². The molecule has 8 bridgehead atoms. The summed E-state index contributed by atoms with van der Waals surface area (Å²) < 4.78 is 0. The Morgan fingerprint density at radius 2 is 1.65 bits per heavy atom. The number of thioether (sulfide) groups is 1. The van der Waals surface area contributed by atoms with Crippen molar-refractivity contribution in [2.75, 3.05) is 0 Å². The predicted octanol–water partition coefficient (Wildman–Crippen LogP) is 3.12. The fourth-order valence-corrected chi connectivity index (χ4v) is 4.77. The van der Waals surface area contributed by atoms with Gasteiger partial charge in [-0.2, -0.15) is 0 Å². The highest BCUT2D eigenvalue weighted by atomic mass is 32.2. The first-order valence-electron chi connectivity index (χ1n) is 10.00. The molecule has 3 N–H and O–H groups in total. The Balaban J connectivity index is 1.54. The van der Waals surface area contributed by atoms with Crippen LogP contribution in [0, 0.1) is 0 Å². The van der Waals surface area contributed by atoms with Crippen molar-refractivity contribution in [2.24, 2.45) is 9.98 Å². The van der Waals surface area contributed by atoms with Crippen LogP contribution in [0.1, 0.15) is 5.56 Å². The van der Waals surface area contributed by atoms with Crippen LogP contribution in [0.25, 0.3) is 17.7 Å². The Morgan fingerprint density at radius 3 is 2.55 bits per heavy atom. The average Bonchev–Trinajstić information content (AvgIpc) is 3.55. The van der Waals surface area contributed by atoms with Crippen LogP contribution in [-0.2, 0) is 0 Å². The molecule has 6 rings (SSSR count). The van der Waals surface area contributed by atoms with Crippen molar-refractivity contribution >= 4 is 40.9 Å². The van der Waals surface area contributed by atoms with Crippen LogP contribution in [0.4, 0.5) is 0 Å². The van der Waals surface area contributed by atoms with Gasteiger partial charge in [-0.25, -0.2) is 9.98 Å². The number of fused-ring (bicyclic) bond motifs is 6. The molecule has 0 fully saturated rings. The second kappa shape index (κ2) is 7.18. The number of nitrogens with one attached hydrogen (secondary N) is 2. The number of phenolic OH excluding ortho intramolecular Hbond substituents is 1. The molecule has 5 heterocycles. The molecule has 4 aliphatic heterocycles. The minimum Gasteiger partial charge on any atom is -0.508 e. The van der Waals surface area contributed by atoms with Gasteiger partial charge in [-0.3, -0.25) is 0 Å². The monoisotopic (exact) mass is 422 g/mol. The first kappa shape index (κ1) is 18.0. The molecule has 31 heavy (non-hydrogen) atoms. The van der Waals surface area contributed by atoms with Crippen LogP contribution >= 0.6 is 11.8 Å². The van der Waals surface area contributed by atoms with Gasteiger partial charge in [-0.05, 0) is 77.8 Å². The molecule has 6 heteroatoms. The fraction of sp³-hybridized carbons (Fsp3) is 0.0400. The lowest BCUT2D eigenvalue weighted by atomic mass is 10.0. The van der Waals surface area contributed by atoms with Crippen LogP contribution < -0.4 is 16.0 Å². The molecule has 2 aromatic rings. The van der Waals surface area contributed by atoms with Gasteiger partial charge in [0.05, 0.1) is 33.9 Å². The highest BCUT2D eigenvalue weighted by molar-refractivity contribution is 8.03. The first-order valence-corrected chi connectivity index (χ1v) is 10.9. The Bertz CT molecular complexity index is 1430. The molecule has 0 spiro atoms. The van der Waals surface area contributed by atoms with Crippen molar-refractivity contribution in [3.63, 3.8) is 0 Å². The molecule has 0 aliphatic carbocycles. The molecule has 150 valence electrons. The summed E-state index contributed by atoms with van der Waals surface area (Å²) in [5, 5.41) is 17.7. The zero-order valence-corrected chi connectivity index (χ0v) is 17.2. The van der Waals surface area contributed by atoms with E-state index in [0.717, 1.165) is 50.3 Å². The largest absolute Gasteiger partial charge is 0.508 e. The third-order valence-electron chi connectivity index (χ3n) is 5.32. The van der Waals surface area contributed by atoms with E-state index < -0.39 is 0 Å². The Kier molecular flexibility index (Phi) is 4.18. The summed E-state index contributed by atoms with van der Waals surface area (Å²) in [5.74, 6) is 0.244. The maximum Gasteiger partial charge on any atom is 0.115 e. The molecule has 1 atom stereocenters. The molecular formula is C25H18N4OS. The SMILES string of the molecule is Oc1ccc(C2=C3C=CC(=N3)C=C3C=CC(=N3)C=c3ccc([nH]3)=CC3NC2=CS3)cc1. The number of aromatic nitrogens is 1. The summed E-state index contributed by atoms with van der Waals surface area (Å²) in [6.07, 6.45) is 14.3. The van der Waals surface area contributed by atoms with Gasteiger partial charge >= 0.3 is 0 Å². The van der Waals surface area contributed by atoms with Crippen LogP contribution in [0.5, 0.6) is 5.75 Å². The maximum absolute atomic E-state index is 9.75. The molecule has 1 aromatic heterocycles. The van der Waals surface area contributed by atoms with Crippen molar-refractivity contribution in [3.8, 4) is 5.75 Å². The molecule has 1 unspecified atom stereocenters. The average molecular weight is 423 g/mol. The van der Waals surface area contributed by atoms with Crippen LogP contribution in [0.15, 0.2) is 99.3 Å². The number of benzene rings is 1. The molecule has 1 aromatic carbocycles. The summed E-state index contributed by atoms with van der Waals surface area (Å²) in [4.78, 5) is 13.0. The van der Waals surface area contributed by atoms with Gasteiger partial charge in [0.25, 0.3) is 0 Å². The number of aromatic hydroxyl groups is 1.